The number of benzene rings is 1. The van der Waals surface area contributed by atoms with E-state index in [-0.39, 0.29) is 5.91 Å². The SMILES string of the molecule is Cc1ccc(NC(=O)c2cc(N)ccn2)cc1. The van der Waals surface area contributed by atoms with Crippen molar-refractivity contribution in [2.45, 2.75) is 6.92 Å². The van der Waals surface area contributed by atoms with Gasteiger partial charge in [0.2, 0.25) is 0 Å². The Labute approximate surface area is 99.5 Å². The smallest absolute Gasteiger partial charge is 0.274 e. The van der Waals surface area contributed by atoms with Crippen molar-refractivity contribution >= 4 is 17.3 Å². The third kappa shape index (κ3) is 2.81. The molecule has 0 aliphatic rings. The number of hydrogen-bond donors (Lipinski definition) is 2. The normalized spacial score (nSPS) is 9.94. The Hall–Kier alpha value is -2.36. The largest absolute Gasteiger partial charge is 0.399 e. The summed E-state index contributed by atoms with van der Waals surface area (Å²) < 4.78 is 0. The van der Waals surface area contributed by atoms with Gasteiger partial charge in [0.1, 0.15) is 5.69 Å². The van der Waals surface area contributed by atoms with Gasteiger partial charge in [-0.2, -0.15) is 0 Å². The van der Waals surface area contributed by atoms with E-state index >= 15 is 0 Å². The summed E-state index contributed by atoms with van der Waals surface area (Å²) in [7, 11) is 0. The molecule has 0 saturated carbocycles. The number of pyridine rings is 1. The van der Waals surface area contributed by atoms with Gasteiger partial charge in [-0.3, -0.25) is 9.78 Å². The molecule has 86 valence electrons. The van der Waals surface area contributed by atoms with E-state index in [1.807, 2.05) is 31.2 Å². The molecule has 1 amide bonds. The fourth-order valence-electron chi connectivity index (χ4n) is 1.40. The van der Waals surface area contributed by atoms with E-state index in [0.29, 0.717) is 11.4 Å². The first kappa shape index (κ1) is 11.1. The molecule has 1 aromatic carbocycles. The van der Waals surface area contributed by atoms with Crippen molar-refractivity contribution in [1.29, 1.82) is 0 Å². The van der Waals surface area contributed by atoms with Gasteiger partial charge in [0.15, 0.2) is 0 Å². The molecule has 0 radical (unpaired) electrons. The second-order valence-corrected chi connectivity index (χ2v) is 3.79. The molecule has 0 unspecified atom stereocenters. The number of rotatable bonds is 2. The topological polar surface area (TPSA) is 68.0 Å². The van der Waals surface area contributed by atoms with E-state index in [1.165, 1.54) is 6.20 Å². The zero-order chi connectivity index (χ0) is 12.3. The quantitative estimate of drug-likeness (QED) is 0.826. The fourth-order valence-corrected chi connectivity index (χ4v) is 1.40. The molecule has 4 heteroatoms. The van der Waals surface area contributed by atoms with E-state index in [1.54, 1.807) is 12.1 Å². The maximum Gasteiger partial charge on any atom is 0.274 e. The van der Waals surface area contributed by atoms with Crippen molar-refractivity contribution < 1.29 is 4.79 Å². The van der Waals surface area contributed by atoms with Crippen molar-refractivity contribution in [3.63, 3.8) is 0 Å². The molecule has 2 rings (SSSR count). The highest BCUT2D eigenvalue weighted by Gasteiger charge is 2.07. The zero-order valence-electron chi connectivity index (χ0n) is 9.47. The highest BCUT2D eigenvalue weighted by Crippen LogP contribution is 2.11. The number of nitrogen functional groups attached to an aromatic ring is 1. The monoisotopic (exact) mass is 227 g/mol. The number of aromatic nitrogens is 1. The second kappa shape index (κ2) is 4.65. The molecule has 0 saturated heterocycles. The minimum Gasteiger partial charge on any atom is -0.399 e. The molecule has 4 nitrogen and oxygen atoms in total. The molecular formula is C13H13N3O. The molecule has 1 heterocycles. The van der Waals surface area contributed by atoms with Gasteiger partial charge in [0.25, 0.3) is 5.91 Å². The lowest BCUT2D eigenvalue weighted by molar-refractivity contribution is 0.102. The van der Waals surface area contributed by atoms with Crippen LogP contribution in [0.4, 0.5) is 11.4 Å². The highest BCUT2D eigenvalue weighted by atomic mass is 16.1. The van der Waals surface area contributed by atoms with Crippen LogP contribution in [0.25, 0.3) is 0 Å². The molecular weight excluding hydrogens is 214 g/mol. The maximum atomic E-state index is 11.8. The number of nitrogens with one attached hydrogen (secondary N) is 1. The number of amides is 1. The second-order valence-electron chi connectivity index (χ2n) is 3.79. The lowest BCUT2D eigenvalue weighted by Gasteiger charge is -2.05. The predicted molar refractivity (Wildman–Crippen MR) is 67.8 cm³/mol. The van der Waals surface area contributed by atoms with Crippen LogP contribution in [0.1, 0.15) is 16.1 Å². The van der Waals surface area contributed by atoms with Crippen molar-refractivity contribution in [2.75, 3.05) is 11.1 Å². The lowest BCUT2D eigenvalue weighted by atomic mass is 10.2. The molecule has 0 bridgehead atoms. The molecule has 1 aromatic heterocycles. The Balaban J connectivity index is 2.14. The molecule has 17 heavy (non-hydrogen) atoms. The van der Waals surface area contributed by atoms with Crippen molar-refractivity contribution in [3.8, 4) is 0 Å². The van der Waals surface area contributed by atoms with Crippen LogP contribution in [0, 0.1) is 6.92 Å². The number of aryl methyl sites for hydroxylation is 1. The van der Waals surface area contributed by atoms with Gasteiger partial charge < -0.3 is 11.1 Å². The first-order valence-corrected chi connectivity index (χ1v) is 5.25. The minimum absolute atomic E-state index is 0.263. The number of anilines is 2. The van der Waals surface area contributed by atoms with Crippen LogP contribution >= 0.6 is 0 Å². The Bertz CT molecular complexity index is 535. The van der Waals surface area contributed by atoms with Gasteiger partial charge in [0, 0.05) is 17.6 Å². The van der Waals surface area contributed by atoms with E-state index in [2.05, 4.69) is 10.3 Å². The molecule has 3 N–H and O–H groups in total. The average molecular weight is 227 g/mol. The molecule has 0 atom stereocenters. The first-order chi connectivity index (χ1) is 8.15. The van der Waals surface area contributed by atoms with Crippen molar-refractivity contribution in [1.82, 2.24) is 4.98 Å². The van der Waals surface area contributed by atoms with Gasteiger partial charge in [0.05, 0.1) is 0 Å². The molecule has 0 fully saturated rings. The van der Waals surface area contributed by atoms with Crippen molar-refractivity contribution in [3.05, 3.63) is 53.9 Å². The summed E-state index contributed by atoms with van der Waals surface area (Å²) in [6, 6.07) is 10.7. The molecule has 0 aliphatic heterocycles. The summed E-state index contributed by atoms with van der Waals surface area (Å²) in [5.74, 6) is -0.263. The van der Waals surface area contributed by atoms with Gasteiger partial charge >= 0.3 is 0 Å². The molecule has 2 aromatic rings. The highest BCUT2D eigenvalue weighted by molar-refractivity contribution is 6.03. The number of carbonyl (C=O) groups is 1. The van der Waals surface area contributed by atoms with E-state index in [0.717, 1.165) is 11.3 Å². The molecule has 0 spiro atoms. The Morgan fingerprint density at radius 2 is 1.94 bits per heavy atom. The summed E-state index contributed by atoms with van der Waals surface area (Å²) in [6.45, 7) is 1.99. The average Bonchev–Trinajstić information content (AvgIpc) is 2.32. The number of hydrogen-bond acceptors (Lipinski definition) is 3. The summed E-state index contributed by atoms with van der Waals surface area (Å²) >= 11 is 0. The van der Waals surface area contributed by atoms with Crippen LogP contribution in [0.2, 0.25) is 0 Å². The van der Waals surface area contributed by atoms with E-state index < -0.39 is 0 Å². The molecule has 0 aliphatic carbocycles. The van der Waals surface area contributed by atoms with Crippen LogP contribution in [0.3, 0.4) is 0 Å². The third-order valence-electron chi connectivity index (χ3n) is 2.33. The lowest BCUT2D eigenvalue weighted by Crippen LogP contribution is -2.13. The van der Waals surface area contributed by atoms with Crippen LogP contribution < -0.4 is 11.1 Å². The predicted octanol–water partition coefficient (Wildman–Crippen LogP) is 2.22. The minimum atomic E-state index is -0.263. The Kier molecular flexibility index (Phi) is 3.05. The number of carbonyl (C=O) groups excluding carboxylic acids is 1. The fraction of sp³-hybridized carbons (Fsp3) is 0.0769. The zero-order valence-corrected chi connectivity index (χ0v) is 9.47. The summed E-state index contributed by atoms with van der Waals surface area (Å²) in [5.41, 5.74) is 8.31. The summed E-state index contributed by atoms with van der Waals surface area (Å²) in [4.78, 5) is 15.8. The first-order valence-electron chi connectivity index (χ1n) is 5.25. The van der Waals surface area contributed by atoms with Crippen LogP contribution in [-0.2, 0) is 0 Å². The maximum absolute atomic E-state index is 11.8. The van der Waals surface area contributed by atoms with Crippen LogP contribution in [-0.4, -0.2) is 10.9 Å². The van der Waals surface area contributed by atoms with Gasteiger partial charge in [-0.05, 0) is 31.2 Å². The van der Waals surface area contributed by atoms with Gasteiger partial charge in [-0.1, -0.05) is 17.7 Å². The Morgan fingerprint density at radius 3 is 2.59 bits per heavy atom. The third-order valence-corrected chi connectivity index (χ3v) is 2.33. The van der Waals surface area contributed by atoms with Crippen molar-refractivity contribution in [2.24, 2.45) is 0 Å². The summed E-state index contributed by atoms with van der Waals surface area (Å²) in [6.07, 6.45) is 1.51. The van der Waals surface area contributed by atoms with E-state index in [4.69, 9.17) is 5.73 Å². The number of nitrogens with zero attached hydrogens (tertiary/aromatic N) is 1. The summed E-state index contributed by atoms with van der Waals surface area (Å²) in [5, 5.41) is 2.76. The van der Waals surface area contributed by atoms with Gasteiger partial charge in [-0.25, -0.2) is 0 Å². The van der Waals surface area contributed by atoms with Crippen LogP contribution in [0.15, 0.2) is 42.6 Å². The Morgan fingerprint density at radius 1 is 1.24 bits per heavy atom. The van der Waals surface area contributed by atoms with Crippen LogP contribution in [0.5, 0.6) is 0 Å². The standard InChI is InChI=1S/C13H13N3O/c1-9-2-4-11(5-3-9)16-13(17)12-8-10(14)6-7-15-12/h2-8H,1H3,(H2,14,15)(H,16,17). The number of nitrogens with two attached hydrogens (primary N) is 1. The van der Waals surface area contributed by atoms with Gasteiger partial charge in [-0.15, -0.1) is 0 Å². The van der Waals surface area contributed by atoms with E-state index in [9.17, 15) is 4.79 Å².